The van der Waals surface area contributed by atoms with Crippen molar-refractivity contribution in [2.45, 2.75) is 27.2 Å². The first-order valence-corrected chi connectivity index (χ1v) is 10.5. The summed E-state index contributed by atoms with van der Waals surface area (Å²) >= 11 is 0. The molecule has 1 heteroatoms. The summed E-state index contributed by atoms with van der Waals surface area (Å²) in [5, 5.41) is 7.82. The molecule has 0 aliphatic carbocycles. The van der Waals surface area contributed by atoms with E-state index in [9.17, 15) is 0 Å². The lowest BCUT2D eigenvalue weighted by Crippen LogP contribution is -2.06. The zero-order valence-electron chi connectivity index (χ0n) is 17.3. The van der Waals surface area contributed by atoms with Gasteiger partial charge in [-0.2, -0.15) is 0 Å². The second kappa shape index (κ2) is 7.00. The van der Waals surface area contributed by atoms with E-state index >= 15 is 0 Å². The summed E-state index contributed by atoms with van der Waals surface area (Å²) in [4.78, 5) is 3.50. The highest BCUT2D eigenvalue weighted by atomic mass is 14.7. The number of H-pyrrole nitrogens is 1. The summed E-state index contributed by atoms with van der Waals surface area (Å²) in [6, 6.07) is 27.0. The summed E-state index contributed by atoms with van der Waals surface area (Å²) < 4.78 is 0. The number of hydrogen-bond donors (Lipinski definition) is 0. The average Bonchev–Trinajstić information content (AvgIpc) is 2.72. The van der Waals surface area contributed by atoms with E-state index in [0.29, 0.717) is 5.92 Å². The van der Waals surface area contributed by atoms with Crippen LogP contribution in [0, 0.1) is 12.8 Å². The number of rotatable bonds is 3. The number of aromatic nitrogens is 1. The number of aromatic amines is 1. The maximum absolute atomic E-state index is 3.50. The average molecular weight is 377 g/mol. The zero-order valence-corrected chi connectivity index (χ0v) is 17.3. The van der Waals surface area contributed by atoms with E-state index < -0.39 is 0 Å². The minimum Gasteiger partial charge on any atom is -0.211 e. The highest BCUT2D eigenvalue weighted by Crippen LogP contribution is 2.34. The predicted molar refractivity (Wildman–Crippen MR) is 124 cm³/mol. The van der Waals surface area contributed by atoms with Crippen molar-refractivity contribution in [3.05, 3.63) is 90.1 Å². The van der Waals surface area contributed by atoms with Gasteiger partial charge in [0.25, 0.3) is 0 Å². The van der Waals surface area contributed by atoms with Crippen LogP contribution in [0.4, 0.5) is 0 Å². The van der Waals surface area contributed by atoms with Gasteiger partial charge in [-0.25, -0.2) is 4.98 Å². The third-order valence-electron chi connectivity index (χ3n) is 5.85. The van der Waals surface area contributed by atoms with E-state index in [1.807, 2.05) is 0 Å². The minimum atomic E-state index is 0.676. The standard InChI is InChI=1S/C28H25N/c1-18(2)16-20-5-7-21(8-6-20)28-27-13-12-24-23-10-4-19(3)17-22(23)9-11-25(24)26(27)14-15-29-28/h4-15,17-18H,16H2,1-3H3/p+1. The first-order chi connectivity index (χ1) is 14.1. The molecule has 0 saturated carbocycles. The topological polar surface area (TPSA) is 14.1 Å². The van der Waals surface area contributed by atoms with Crippen molar-refractivity contribution in [3.63, 3.8) is 0 Å². The van der Waals surface area contributed by atoms with Crippen LogP contribution in [-0.2, 0) is 6.42 Å². The third-order valence-corrected chi connectivity index (χ3v) is 5.85. The molecule has 0 bridgehead atoms. The molecule has 1 N–H and O–H groups in total. The second-order valence-corrected chi connectivity index (χ2v) is 8.56. The van der Waals surface area contributed by atoms with Gasteiger partial charge < -0.3 is 0 Å². The fraction of sp³-hybridized carbons (Fsp3) is 0.179. The van der Waals surface area contributed by atoms with Crippen LogP contribution in [0.1, 0.15) is 25.0 Å². The highest BCUT2D eigenvalue weighted by molar-refractivity contribution is 6.18. The van der Waals surface area contributed by atoms with Gasteiger partial charge in [0.15, 0.2) is 6.20 Å². The predicted octanol–water partition coefficient (Wildman–Crippen LogP) is 7.13. The minimum absolute atomic E-state index is 0.676. The smallest absolute Gasteiger partial charge is 0.211 e. The van der Waals surface area contributed by atoms with Gasteiger partial charge in [0.1, 0.15) is 0 Å². The Kier molecular flexibility index (Phi) is 4.32. The number of hydrogen-bond acceptors (Lipinski definition) is 0. The number of fused-ring (bicyclic) bond motifs is 5. The molecule has 0 saturated heterocycles. The quantitative estimate of drug-likeness (QED) is 0.297. The number of benzene rings is 4. The van der Waals surface area contributed by atoms with Gasteiger partial charge in [-0.05, 0) is 64.6 Å². The number of aryl methyl sites for hydroxylation is 1. The molecule has 0 amide bonds. The lowest BCUT2D eigenvalue weighted by Gasteiger charge is -2.09. The van der Waals surface area contributed by atoms with Crippen LogP contribution < -0.4 is 4.98 Å². The molecule has 142 valence electrons. The van der Waals surface area contributed by atoms with Crippen LogP contribution >= 0.6 is 0 Å². The molecule has 5 rings (SSSR count). The molecule has 1 aromatic heterocycles. The van der Waals surface area contributed by atoms with Gasteiger partial charge >= 0.3 is 0 Å². The van der Waals surface area contributed by atoms with E-state index in [1.165, 1.54) is 54.7 Å². The number of nitrogens with one attached hydrogen (secondary N) is 1. The van der Waals surface area contributed by atoms with Crippen molar-refractivity contribution in [2.75, 3.05) is 0 Å². The van der Waals surface area contributed by atoms with Gasteiger partial charge in [0.2, 0.25) is 5.69 Å². The Bertz CT molecular complexity index is 1340. The maximum atomic E-state index is 3.50. The van der Waals surface area contributed by atoms with Gasteiger partial charge in [-0.15, -0.1) is 0 Å². The van der Waals surface area contributed by atoms with Crippen molar-refractivity contribution in [1.29, 1.82) is 0 Å². The van der Waals surface area contributed by atoms with Crippen molar-refractivity contribution >= 4 is 32.3 Å². The van der Waals surface area contributed by atoms with Crippen LogP contribution in [-0.4, -0.2) is 0 Å². The molecule has 0 atom stereocenters. The Balaban J connectivity index is 1.70. The van der Waals surface area contributed by atoms with Crippen molar-refractivity contribution in [2.24, 2.45) is 5.92 Å². The molecule has 0 aliphatic heterocycles. The fourth-order valence-electron chi connectivity index (χ4n) is 4.49. The van der Waals surface area contributed by atoms with Crippen molar-refractivity contribution in [1.82, 2.24) is 0 Å². The molecule has 0 aliphatic rings. The lowest BCUT2D eigenvalue weighted by atomic mass is 9.94. The SMILES string of the molecule is Cc1ccc2c(ccc3c4cc[nH+]c(-c5ccc(CC(C)C)cc5)c4ccc23)c1. The first-order valence-electron chi connectivity index (χ1n) is 10.5. The van der Waals surface area contributed by atoms with E-state index in [4.69, 9.17) is 0 Å². The molecule has 1 heterocycles. The maximum Gasteiger partial charge on any atom is 0.218 e. The van der Waals surface area contributed by atoms with Crippen LogP contribution in [0.25, 0.3) is 43.6 Å². The summed E-state index contributed by atoms with van der Waals surface area (Å²) in [6.45, 7) is 6.68. The summed E-state index contributed by atoms with van der Waals surface area (Å²) in [7, 11) is 0. The van der Waals surface area contributed by atoms with E-state index in [2.05, 4.69) is 105 Å². The molecule has 5 aromatic rings. The van der Waals surface area contributed by atoms with E-state index in [0.717, 1.165) is 6.42 Å². The molecule has 0 fully saturated rings. The molecular weight excluding hydrogens is 350 g/mol. The van der Waals surface area contributed by atoms with Crippen molar-refractivity contribution < 1.29 is 4.98 Å². The molecule has 29 heavy (non-hydrogen) atoms. The largest absolute Gasteiger partial charge is 0.218 e. The Labute approximate surface area is 172 Å². The van der Waals surface area contributed by atoms with E-state index in [-0.39, 0.29) is 0 Å². The Hall–Kier alpha value is -3.19. The molecule has 0 radical (unpaired) electrons. The highest BCUT2D eigenvalue weighted by Gasteiger charge is 2.14. The van der Waals surface area contributed by atoms with Gasteiger partial charge in [0.05, 0.1) is 5.39 Å². The Morgan fingerprint density at radius 1 is 0.690 bits per heavy atom. The third kappa shape index (κ3) is 3.17. The monoisotopic (exact) mass is 376 g/mol. The Morgan fingerprint density at radius 3 is 2.14 bits per heavy atom. The van der Waals surface area contributed by atoms with Gasteiger partial charge in [0, 0.05) is 17.0 Å². The van der Waals surface area contributed by atoms with Crippen molar-refractivity contribution in [3.8, 4) is 11.3 Å². The van der Waals surface area contributed by atoms with Crippen LogP contribution in [0.15, 0.2) is 79.0 Å². The van der Waals surface area contributed by atoms with Crippen LogP contribution in [0.5, 0.6) is 0 Å². The normalized spacial score (nSPS) is 11.7. The van der Waals surface area contributed by atoms with Gasteiger partial charge in [-0.1, -0.05) is 67.9 Å². The van der Waals surface area contributed by atoms with Crippen LogP contribution in [0.3, 0.4) is 0 Å². The van der Waals surface area contributed by atoms with E-state index in [1.54, 1.807) is 0 Å². The second-order valence-electron chi connectivity index (χ2n) is 8.56. The number of pyridine rings is 1. The Morgan fingerprint density at radius 2 is 1.34 bits per heavy atom. The van der Waals surface area contributed by atoms with Gasteiger partial charge in [-0.3, -0.25) is 0 Å². The molecule has 1 nitrogen and oxygen atoms in total. The molecule has 4 aromatic carbocycles. The summed E-state index contributed by atoms with van der Waals surface area (Å²) in [6.07, 6.45) is 3.19. The summed E-state index contributed by atoms with van der Waals surface area (Å²) in [5.74, 6) is 0.676. The summed E-state index contributed by atoms with van der Waals surface area (Å²) in [5.41, 5.74) is 5.12. The molecule has 0 unspecified atom stereocenters. The van der Waals surface area contributed by atoms with Crippen LogP contribution in [0.2, 0.25) is 0 Å². The fourth-order valence-corrected chi connectivity index (χ4v) is 4.49. The zero-order chi connectivity index (χ0) is 20.0. The lowest BCUT2D eigenvalue weighted by molar-refractivity contribution is -0.362. The molecule has 0 spiro atoms. The first kappa shape index (κ1) is 17.9. The molecular formula is C28H26N+.